The first kappa shape index (κ1) is 14.6. The second kappa shape index (κ2) is 6.56. The Balaban J connectivity index is 1.91. The van der Waals surface area contributed by atoms with Crippen molar-refractivity contribution in [2.24, 2.45) is 0 Å². The first-order chi connectivity index (χ1) is 10.0. The third kappa shape index (κ3) is 4.34. The van der Waals surface area contributed by atoms with Crippen LogP contribution in [0.4, 0.5) is 10.5 Å². The highest BCUT2D eigenvalue weighted by atomic mass is 16.4. The minimum Gasteiger partial charge on any atom is -0.481 e. The molecule has 0 radical (unpaired) electrons. The molecule has 0 aliphatic heterocycles. The van der Waals surface area contributed by atoms with Crippen molar-refractivity contribution in [3.63, 3.8) is 0 Å². The van der Waals surface area contributed by atoms with Crippen molar-refractivity contribution >= 4 is 17.7 Å². The number of amides is 2. The van der Waals surface area contributed by atoms with Crippen LogP contribution in [0, 0.1) is 0 Å². The molecule has 0 saturated heterocycles. The predicted octanol–water partition coefficient (Wildman–Crippen LogP) is 1.70. The van der Waals surface area contributed by atoms with Crippen LogP contribution < -0.4 is 5.32 Å². The molecule has 2 amide bonds. The lowest BCUT2D eigenvalue weighted by atomic mass is 10.1. The van der Waals surface area contributed by atoms with Gasteiger partial charge in [-0.1, -0.05) is 12.1 Å². The van der Waals surface area contributed by atoms with E-state index in [0.29, 0.717) is 23.6 Å². The summed E-state index contributed by atoms with van der Waals surface area (Å²) in [6, 6.07) is 6.44. The summed E-state index contributed by atoms with van der Waals surface area (Å²) in [5.74, 6) is -0.186. The van der Waals surface area contributed by atoms with Crippen LogP contribution in [-0.2, 0) is 17.8 Å². The molecule has 2 rings (SSSR count). The Bertz CT molecular complexity index is 608. The van der Waals surface area contributed by atoms with Crippen LogP contribution in [0.3, 0.4) is 0 Å². The van der Waals surface area contributed by atoms with Gasteiger partial charge in [0.05, 0.1) is 13.0 Å². The maximum atomic E-state index is 12.0. The molecule has 0 unspecified atom stereocenters. The molecule has 0 fully saturated rings. The molecule has 1 aromatic carbocycles. The van der Waals surface area contributed by atoms with E-state index in [0.717, 1.165) is 0 Å². The fourth-order valence-electron chi connectivity index (χ4n) is 1.78. The van der Waals surface area contributed by atoms with E-state index in [1.54, 1.807) is 43.7 Å². The van der Waals surface area contributed by atoms with Crippen molar-refractivity contribution in [3.05, 3.63) is 48.0 Å². The lowest BCUT2D eigenvalue weighted by Crippen LogP contribution is -2.31. The van der Waals surface area contributed by atoms with Crippen LogP contribution in [-0.4, -0.2) is 39.0 Å². The number of aromatic amines is 1. The fourth-order valence-corrected chi connectivity index (χ4v) is 1.78. The van der Waals surface area contributed by atoms with Gasteiger partial charge >= 0.3 is 12.0 Å². The summed E-state index contributed by atoms with van der Waals surface area (Å²) in [5.41, 5.74) is 1.30. The molecule has 0 spiro atoms. The third-order valence-electron chi connectivity index (χ3n) is 2.85. The minimum atomic E-state index is -0.884. The Hall–Kier alpha value is -2.83. The fraction of sp³-hybridized carbons (Fsp3) is 0.214. The smallest absolute Gasteiger partial charge is 0.321 e. The standard InChI is InChI=1S/C14H16N4O3/c1-18(9-12-15-6-7-16-12)14(21)17-11-4-2-10(3-5-11)8-13(19)20/h2-7H,8-9H2,1H3,(H,15,16)(H,17,21)(H,19,20). The summed E-state index contributed by atoms with van der Waals surface area (Å²) in [4.78, 5) is 31.0. The largest absolute Gasteiger partial charge is 0.481 e. The first-order valence-corrected chi connectivity index (χ1v) is 6.35. The van der Waals surface area contributed by atoms with Gasteiger partial charge in [0.2, 0.25) is 0 Å². The minimum absolute atomic E-state index is 0.0351. The highest BCUT2D eigenvalue weighted by Gasteiger charge is 2.10. The number of rotatable bonds is 5. The van der Waals surface area contributed by atoms with E-state index in [1.807, 2.05) is 0 Å². The number of anilines is 1. The van der Waals surface area contributed by atoms with Crippen molar-refractivity contribution in [2.75, 3.05) is 12.4 Å². The SMILES string of the molecule is CN(Cc1ncc[nH]1)C(=O)Nc1ccc(CC(=O)O)cc1. The topological polar surface area (TPSA) is 98.3 Å². The molecule has 1 heterocycles. The molecular formula is C14H16N4O3. The van der Waals surface area contributed by atoms with Crippen molar-refractivity contribution < 1.29 is 14.7 Å². The number of carbonyl (C=O) groups is 2. The number of nitrogens with zero attached hydrogens (tertiary/aromatic N) is 2. The molecule has 0 saturated carbocycles. The molecular weight excluding hydrogens is 272 g/mol. The summed E-state index contributed by atoms with van der Waals surface area (Å²) >= 11 is 0. The number of hydrogen-bond donors (Lipinski definition) is 3. The number of carboxylic acids is 1. The number of hydrogen-bond acceptors (Lipinski definition) is 3. The van der Waals surface area contributed by atoms with Crippen LogP contribution >= 0.6 is 0 Å². The number of aliphatic carboxylic acids is 1. The highest BCUT2D eigenvalue weighted by molar-refractivity contribution is 5.89. The molecule has 7 nitrogen and oxygen atoms in total. The van der Waals surface area contributed by atoms with Crippen molar-refractivity contribution in [3.8, 4) is 0 Å². The van der Waals surface area contributed by atoms with Crippen LogP contribution in [0.2, 0.25) is 0 Å². The Kier molecular flexibility index (Phi) is 4.55. The zero-order chi connectivity index (χ0) is 15.2. The molecule has 2 aromatic rings. The molecule has 3 N–H and O–H groups in total. The quantitative estimate of drug-likeness (QED) is 0.779. The number of aromatic nitrogens is 2. The number of nitrogens with one attached hydrogen (secondary N) is 2. The van der Waals surface area contributed by atoms with Gasteiger partial charge in [0.25, 0.3) is 0 Å². The predicted molar refractivity (Wildman–Crippen MR) is 76.9 cm³/mol. The Morgan fingerprint density at radius 3 is 2.62 bits per heavy atom. The monoisotopic (exact) mass is 288 g/mol. The van der Waals surface area contributed by atoms with E-state index in [4.69, 9.17) is 5.11 Å². The maximum Gasteiger partial charge on any atom is 0.321 e. The van der Waals surface area contributed by atoms with Gasteiger partial charge in [-0.05, 0) is 17.7 Å². The molecule has 1 aromatic heterocycles. The summed E-state index contributed by atoms with van der Waals surface area (Å²) in [7, 11) is 1.66. The highest BCUT2D eigenvalue weighted by Crippen LogP contribution is 2.11. The normalized spacial score (nSPS) is 10.1. The van der Waals surface area contributed by atoms with Gasteiger partial charge in [0.1, 0.15) is 5.82 Å². The molecule has 110 valence electrons. The van der Waals surface area contributed by atoms with Crippen LogP contribution in [0.5, 0.6) is 0 Å². The van der Waals surface area contributed by atoms with Gasteiger partial charge in [0.15, 0.2) is 0 Å². The molecule has 0 aliphatic carbocycles. The van der Waals surface area contributed by atoms with E-state index in [2.05, 4.69) is 15.3 Å². The van der Waals surface area contributed by atoms with Crippen LogP contribution in [0.25, 0.3) is 0 Å². The number of carbonyl (C=O) groups excluding carboxylic acids is 1. The average Bonchev–Trinajstić information content (AvgIpc) is 2.93. The van der Waals surface area contributed by atoms with E-state index >= 15 is 0 Å². The van der Waals surface area contributed by atoms with E-state index < -0.39 is 5.97 Å². The number of benzene rings is 1. The van der Waals surface area contributed by atoms with Gasteiger partial charge < -0.3 is 20.3 Å². The summed E-state index contributed by atoms with van der Waals surface area (Å²) in [6.07, 6.45) is 3.29. The lowest BCUT2D eigenvalue weighted by Gasteiger charge is -2.16. The van der Waals surface area contributed by atoms with E-state index in [1.165, 1.54) is 4.90 Å². The van der Waals surface area contributed by atoms with E-state index in [-0.39, 0.29) is 12.5 Å². The number of H-pyrrole nitrogens is 1. The Morgan fingerprint density at radius 2 is 2.05 bits per heavy atom. The molecule has 7 heteroatoms. The van der Waals surface area contributed by atoms with Crippen molar-refractivity contribution in [1.82, 2.24) is 14.9 Å². The Labute approximate surface area is 121 Å². The number of urea groups is 1. The van der Waals surface area contributed by atoms with Crippen LogP contribution in [0.1, 0.15) is 11.4 Å². The zero-order valence-electron chi connectivity index (χ0n) is 11.5. The maximum absolute atomic E-state index is 12.0. The third-order valence-corrected chi connectivity index (χ3v) is 2.85. The molecule has 0 atom stereocenters. The van der Waals surface area contributed by atoms with Gasteiger partial charge in [-0.25, -0.2) is 9.78 Å². The zero-order valence-corrected chi connectivity index (χ0v) is 11.5. The van der Waals surface area contributed by atoms with Crippen molar-refractivity contribution in [1.29, 1.82) is 0 Å². The van der Waals surface area contributed by atoms with E-state index in [9.17, 15) is 9.59 Å². The molecule has 0 bridgehead atoms. The van der Waals surface area contributed by atoms with Gasteiger partial charge in [0, 0.05) is 25.1 Å². The summed E-state index contributed by atoms with van der Waals surface area (Å²) in [6.45, 7) is 0.371. The molecule has 0 aliphatic rings. The summed E-state index contributed by atoms with van der Waals surface area (Å²) < 4.78 is 0. The van der Waals surface area contributed by atoms with Crippen LogP contribution in [0.15, 0.2) is 36.7 Å². The van der Waals surface area contributed by atoms with Gasteiger partial charge in [-0.2, -0.15) is 0 Å². The Morgan fingerprint density at radius 1 is 1.33 bits per heavy atom. The second-order valence-electron chi connectivity index (χ2n) is 4.59. The van der Waals surface area contributed by atoms with Gasteiger partial charge in [-0.15, -0.1) is 0 Å². The number of imidazole rings is 1. The van der Waals surface area contributed by atoms with Crippen molar-refractivity contribution in [2.45, 2.75) is 13.0 Å². The summed E-state index contributed by atoms with van der Waals surface area (Å²) in [5, 5.41) is 11.4. The number of carboxylic acid groups (broad SMARTS) is 1. The second-order valence-corrected chi connectivity index (χ2v) is 4.59. The average molecular weight is 288 g/mol. The molecule has 21 heavy (non-hydrogen) atoms. The lowest BCUT2D eigenvalue weighted by molar-refractivity contribution is -0.136. The first-order valence-electron chi connectivity index (χ1n) is 6.35. The van der Waals surface area contributed by atoms with Gasteiger partial charge in [-0.3, -0.25) is 4.79 Å².